The maximum Gasteiger partial charge on any atom is 0.142 e. The second-order valence-corrected chi connectivity index (χ2v) is 5.92. The summed E-state index contributed by atoms with van der Waals surface area (Å²) < 4.78 is 5.89. The van der Waals surface area contributed by atoms with Gasteiger partial charge < -0.3 is 15.0 Å². The van der Waals surface area contributed by atoms with Gasteiger partial charge in [-0.25, -0.2) is 0 Å². The first kappa shape index (κ1) is 15.2. The quantitative estimate of drug-likeness (QED) is 0.888. The first-order valence-corrected chi connectivity index (χ1v) is 7.87. The van der Waals surface area contributed by atoms with Gasteiger partial charge in [0.05, 0.1) is 12.3 Å². The van der Waals surface area contributed by atoms with Crippen LogP contribution in [0.1, 0.15) is 38.2 Å². The van der Waals surface area contributed by atoms with Crippen molar-refractivity contribution in [1.29, 1.82) is 0 Å². The van der Waals surface area contributed by atoms with Gasteiger partial charge in [-0.15, -0.1) is 0 Å². The van der Waals surface area contributed by atoms with Crippen LogP contribution in [0.5, 0.6) is 5.75 Å². The summed E-state index contributed by atoms with van der Waals surface area (Å²) >= 11 is 0. The van der Waals surface area contributed by atoms with E-state index in [0.29, 0.717) is 6.04 Å². The Labute approximate surface area is 123 Å². The number of benzene rings is 1. The first-order valence-electron chi connectivity index (χ1n) is 7.87. The molecule has 0 radical (unpaired) electrons. The molecule has 1 aliphatic heterocycles. The van der Waals surface area contributed by atoms with E-state index in [1.54, 1.807) is 0 Å². The van der Waals surface area contributed by atoms with Crippen LogP contribution in [-0.2, 0) is 0 Å². The molecule has 0 aliphatic carbocycles. The molecule has 2 rings (SSSR count). The fourth-order valence-corrected chi connectivity index (χ4v) is 2.68. The highest BCUT2D eigenvalue weighted by Crippen LogP contribution is 2.28. The zero-order valence-electron chi connectivity index (χ0n) is 13.1. The Morgan fingerprint density at radius 3 is 2.95 bits per heavy atom. The number of nitrogens with one attached hydrogen (secondary N) is 1. The molecule has 0 bridgehead atoms. The lowest BCUT2D eigenvalue weighted by molar-refractivity contribution is 0.318. The van der Waals surface area contributed by atoms with Crippen molar-refractivity contribution in [2.24, 2.45) is 0 Å². The van der Waals surface area contributed by atoms with E-state index >= 15 is 0 Å². The molecule has 3 heteroatoms. The van der Waals surface area contributed by atoms with Crippen LogP contribution in [0, 0.1) is 6.92 Å². The van der Waals surface area contributed by atoms with Crippen LogP contribution in [0.15, 0.2) is 18.2 Å². The number of ether oxygens (including phenoxy) is 1. The van der Waals surface area contributed by atoms with Crippen molar-refractivity contribution in [1.82, 2.24) is 4.90 Å². The van der Waals surface area contributed by atoms with Gasteiger partial charge in [-0.1, -0.05) is 13.0 Å². The molecule has 0 aromatic heterocycles. The molecule has 1 unspecified atom stereocenters. The smallest absolute Gasteiger partial charge is 0.142 e. The fraction of sp³-hybridized carbons (Fsp3) is 0.647. The average Bonchev–Trinajstić information content (AvgIpc) is 2.64. The lowest BCUT2D eigenvalue weighted by Crippen LogP contribution is -2.23. The van der Waals surface area contributed by atoms with Crippen molar-refractivity contribution >= 4 is 5.69 Å². The van der Waals surface area contributed by atoms with E-state index in [1.165, 1.54) is 37.9 Å². The summed E-state index contributed by atoms with van der Waals surface area (Å²) in [6, 6.07) is 7.02. The van der Waals surface area contributed by atoms with E-state index in [2.05, 4.69) is 49.3 Å². The van der Waals surface area contributed by atoms with E-state index in [0.717, 1.165) is 24.5 Å². The predicted octanol–water partition coefficient (Wildman–Crippen LogP) is 3.68. The highest BCUT2D eigenvalue weighted by molar-refractivity contribution is 5.58. The van der Waals surface area contributed by atoms with Gasteiger partial charge in [0.25, 0.3) is 0 Å². The summed E-state index contributed by atoms with van der Waals surface area (Å²) in [5.41, 5.74) is 2.40. The highest BCUT2D eigenvalue weighted by Gasteiger charge is 2.16. The standard InChI is InChI=1S/C17H28N2O/c1-4-12-20-17-13-14(2)7-8-16(17)18-15-6-5-10-19(3)11-9-15/h7-8,13,15,18H,4-6,9-12H2,1-3H3. The number of anilines is 1. The summed E-state index contributed by atoms with van der Waals surface area (Å²) in [6.45, 7) is 7.43. The maximum atomic E-state index is 5.89. The summed E-state index contributed by atoms with van der Waals surface area (Å²) in [5.74, 6) is 1.00. The van der Waals surface area contributed by atoms with E-state index < -0.39 is 0 Å². The van der Waals surface area contributed by atoms with Crippen LogP contribution in [-0.4, -0.2) is 37.7 Å². The SMILES string of the molecule is CCCOc1cc(C)ccc1NC1CCCN(C)CC1. The molecule has 1 aromatic carbocycles. The van der Waals surface area contributed by atoms with Gasteiger partial charge in [0.1, 0.15) is 5.75 Å². The molecule has 3 nitrogen and oxygen atoms in total. The molecule has 1 aromatic rings. The van der Waals surface area contributed by atoms with Gasteiger partial charge in [-0.05, 0) is 70.4 Å². The molecule has 20 heavy (non-hydrogen) atoms. The number of likely N-dealkylation sites (tertiary alicyclic amines) is 1. The molecule has 112 valence electrons. The third-order valence-electron chi connectivity index (χ3n) is 3.91. The average molecular weight is 276 g/mol. The van der Waals surface area contributed by atoms with Crippen molar-refractivity contribution in [3.63, 3.8) is 0 Å². The van der Waals surface area contributed by atoms with E-state index in [-0.39, 0.29) is 0 Å². The Kier molecular flexibility index (Phi) is 5.72. The number of nitrogens with zero attached hydrogens (tertiary/aromatic N) is 1. The highest BCUT2D eigenvalue weighted by atomic mass is 16.5. The number of aryl methyl sites for hydroxylation is 1. The second kappa shape index (κ2) is 7.53. The molecule has 0 spiro atoms. The van der Waals surface area contributed by atoms with Crippen LogP contribution in [0.4, 0.5) is 5.69 Å². The maximum absolute atomic E-state index is 5.89. The molecule has 0 amide bonds. The molecule has 1 heterocycles. The van der Waals surface area contributed by atoms with E-state index in [9.17, 15) is 0 Å². The zero-order chi connectivity index (χ0) is 14.4. The Hall–Kier alpha value is -1.22. The van der Waals surface area contributed by atoms with E-state index in [4.69, 9.17) is 4.74 Å². The lowest BCUT2D eigenvalue weighted by Gasteiger charge is -2.20. The summed E-state index contributed by atoms with van der Waals surface area (Å²) in [6.07, 6.45) is 4.76. The lowest BCUT2D eigenvalue weighted by atomic mass is 10.1. The van der Waals surface area contributed by atoms with Crippen molar-refractivity contribution in [2.45, 2.75) is 45.6 Å². The monoisotopic (exact) mass is 276 g/mol. The Balaban J connectivity index is 2.03. The first-order chi connectivity index (χ1) is 9.69. The van der Waals surface area contributed by atoms with Crippen molar-refractivity contribution in [3.05, 3.63) is 23.8 Å². The van der Waals surface area contributed by atoms with Gasteiger partial charge in [-0.2, -0.15) is 0 Å². The van der Waals surface area contributed by atoms with Gasteiger partial charge in [0.2, 0.25) is 0 Å². The van der Waals surface area contributed by atoms with Crippen LogP contribution in [0.2, 0.25) is 0 Å². The molecule has 1 N–H and O–H groups in total. The summed E-state index contributed by atoms with van der Waals surface area (Å²) in [4.78, 5) is 2.42. The minimum absolute atomic E-state index is 0.562. The number of hydrogen-bond donors (Lipinski definition) is 1. The third kappa shape index (κ3) is 4.41. The molecule has 1 aliphatic rings. The molecule has 1 fully saturated rings. The van der Waals surface area contributed by atoms with Gasteiger partial charge in [-0.3, -0.25) is 0 Å². The molecular weight excluding hydrogens is 248 g/mol. The van der Waals surface area contributed by atoms with Crippen LogP contribution < -0.4 is 10.1 Å². The van der Waals surface area contributed by atoms with Gasteiger partial charge >= 0.3 is 0 Å². The molecular formula is C17H28N2O. The summed E-state index contributed by atoms with van der Waals surface area (Å²) in [5, 5.41) is 3.69. The second-order valence-electron chi connectivity index (χ2n) is 5.92. The Morgan fingerprint density at radius 2 is 2.15 bits per heavy atom. The fourth-order valence-electron chi connectivity index (χ4n) is 2.68. The largest absolute Gasteiger partial charge is 0.491 e. The van der Waals surface area contributed by atoms with Crippen LogP contribution in [0.3, 0.4) is 0 Å². The molecule has 1 saturated heterocycles. The van der Waals surface area contributed by atoms with Crippen molar-refractivity contribution in [2.75, 3.05) is 32.1 Å². The van der Waals surface area contributed by atoms with Gasteiger partial charge in [0.15, 0.2) is 0 Å². The summed E-state index contributed by atoms with van der Waals surface area (Å²) in [7, 11) is 2.21. The normalized spacial score (nSPS) is 20.4. The Bertz CT molecular complexity index is 419. The van der Waals surface area contributed by atoms with E-state index in [1.807, 2.05) is 0 Å². The number of hydrogen-bond acceptors (Lipinski definition) is 3. The minimum Gasteiger partial charge on any atom is -0.491 e. The van der Waals surface area contributed by atoms with Crippen molar-refractivity contribution < 1.29 is 4.74 Å². The predicted molar refractivity (Wildman–Crippen MR) is 85.7 cm³/mol. The van der Waals surface area contributed by atoms with Crippen LogP contribution in [0.25, 0.3) is 0 Å². The zero-order valence-corrected chi connectivity index (χ0v) is 13.1. The Morgan fingerprint density at radius 1 is 1.30 bits per heavy atom. The minimum atomic E-state index is 0.562. The van der Waals surface area contributed by atoms with Crippen molar-refractivity contribution in [3.8, 4) is 5.75 Å². The molecule has 0 saturated carbocycles. The molecule has 1 atom stereocenters. The number of rotatable bonds is 5. The third-order valence-corrected chi connectivity index (χ3v) is 3.91. The topological polar surface area (TPSA) is 24.5 Å². The van der Waals surface area contributed by atoms with Gasteiger partial charge in [0, 0.05) is 6.04 Å². The van der Waals surface area contributed by atoms with Crippen LogP contribution >= 0.6 is 0 Å².